The van der Waals surface area contributed by atoms with Crippen LogP contribution in [0.2, 0.25) is 0 Å². The van der Waals surface area contributed by atoms with Crippen LogP contribution < -0.4 is 4.74 Å². The Morgan fingerprint density at radius 1 is 1.17 bits per heavy atom. The minimum absolute atomic E-state index is 0.259. The monoisotopic (exact) mass is 313 g/mol. The van der Waals surface area contributed by atoms with Crippen molar-refractivity contribution in [2.24, 2.45) is 0 Å². The van der Waals surface area contributed by atoms with Crippen LogP contribution in [0.1, 0.15) is 31.2 Å². The van der Waals surface area contributed by atoms with Gasteiger partial charge in [0.15, 0.2) is 0 Å². The standard InChI is InChI=1S/C19H23NO3/c1-22-16-9-7-14(8-10-16)13-18-17-6-4-3-5-15(17)11-12-20(18)19(21)23-2/h5,7-10H,3-4,6,11-13H2,1-2H3. The lowest BCUT2D eigenvalue weighted by Crippen LogP contribution is -2.36. The molecule has 2 aliphatic rings. The summed E-state index contributed by atoms with van der Waals surface area (Å²) in [4.78, 5) is 14.0. The maximum Gasteiger partial charge on any atom is 0.413 e. The van der Waals surface area contributed by atoms with Crippen molar-refractivity contribution in [1.82, 2.24) is 4.90 Å². The second kappa shape index (κ2) is 6.90. The van der Waals surface area contributed by atoms with Gasteiger partial charge in [0.25, 0.3) is 0 Å². The van der Waals surface area contributed by atoms with E-state index in [0.29, 0.717) is 6.54 Å². The fraction of sp³-hybridized carbons (Fsp3) is 0.421. The largest absolute Gasteiger partial charge is 0.497 e. The predicted octanol–water partition coefficient (Wildman–Crippen LogP) is 4.07. The number of carbonyl (C=O) groups excluding carboxylic acids is 1. The van der Waals surface area contributed by atoms with Crippen molar-refractivity contribution in [3.8, 4) is 5.75 Å². The van der Waals surface area contributed by atoms with Gasteiger partial charge >= 0.3 is 6.09 Å². The van der Waals surface area contributed by atoms with Crippen LogP contribution >= 0.6 is 0 Å². The number of methoxy groups -OCH3 is 2. The van der Waals surface area contributed by atoms with Crippen molar-refractivity contribution in [3.05, 3.63) is 52.7 Å². The van der Waals surface area contributed by atoms with Crippen LogP contribution in [0.4, 0.5) is 4.79 Å². The second-order valence-electron chi connectivity index (χ2n) is 5.94. The molecular formula is C19H23NO3. The Bertz CT molecular complexity index is 643. The van der Waals surface area contributed by atoms with E-state index < -0.39 is 0 Å². The SMILES string of the molecule is COC(=O)N1CCC2=CCCCC2=C1Cc1ccc(OC)cc1. The Morgan fingerprint density at radius 3 is 2.65 bits per heavy atom. The molecular weight excluding hydrogens is 290 g/mol. The molecule has 4 heteroatoms. The van der Waals surface area contributed by atoms with E-state index in [0.717, 1.165) is 43.6 Å². The number of fused-ring (bicyclic) bond motifs is 1. The molecule has 122 valence electrons. The van der Waals surface area contributed by atoms with Gasteiger partial charge in [-0.25, -0.2) is 4.79 Å². The maximum absolute atomic E-state index is 12.2. The Balaban J connectivity index is 1.94. The number of ether oxygens (including phenoxy) is 2. The first-order valence-electron chi connectivity index (χ1n) is 8.12. The summed E-state index contributed by atoms with van der Waals surface area (Å²) in [5, 5.41) is 0. The normalized spacial score (nSPS) is 17.5. The number of hydrogen-bond donors (Lipinski definition) is 0. The highest BCUT2D eigenvalue weighted by molar-refractivity contribution is 5.71. The molecule has 0 aromatic heterocycles. The number of nitrogens with zero attached hydrogens (tertiary/aromatic N) is 1. The quantitative estimate of drug-likeness (QED) is 0.844. The Morgan fingerprint density at radius 2 is 1.96 bits per heavy atom. The van der Waals surface area contributed by atoms with Gasteiger partial charge in [0, 0.05) is 18.7 Å². The Labute approximate surface area is 137 Å². The summed E-state index contributed by atoms with van der Waals surface area (Å²) >= 11 is 0. The molecule has 0 saturated carbocycles. The lowest BCUT2D eigenvalue weighted by Gasteiger charge is -2.34. The number of carbonyl (C=O) groups is 1. The van der Waals surface area contributed by atoms with Crippen LogP contribution in [0.15, 0.2) is 47.2 Å². The number of benzene rings is 1. The number of amides is 1. The molecule has 0 N–H and O–H groups in total. The average molecular weight is 313 g/mol. The third-order valence-electron chi connectivity index (χ3n) is 4.61. The van der Waals surface area contributed by atoms with Crippen molar-refractivity contribution >= 4 is 6.09 Å². The Kier molecular flexibility index (Phi) is 4.70. The van der Waals surface area contributed by atoms with Crippen molar-refractivity contribution in [3.63, 3.8) is 0 Å². The second-order valence-corrected chi connectivity index (χ2v) is 5.94. The van der Waals surface area contributed by atoms with E-state index in [1.165, 1.54) is 23.8 Å². The zero-order valence-electron chi connectivity index (χ0n) is 13.8. The van der Waals surface area contributed by atoms with Crippen LogP contribution in [0.25, 0.3) is 0 Å². The summed E-state index contributed by atoms with van der Waals surface area (Å²) in [6.07, 6.45) is 7.09. The highest BCUT2D eigenvalue weighted by Gasteiger charge is 2.29. The lowest BCUT2D eigenvalue weighted by molar-refractivity contribution is 0.133. The number of hydrogen-bond acceptors (Lipinski definition) is 3. The molecule has 4 nitrogen and oxygen atoms in total. The van der Waals surface area contributed by atoms with Gasteiger partial charge in [-0.05, 0) is 54.5 Å². The predicted molar refractivity (Wildman–Crippen MR) is 89.4 cm³/mol. The third-order valence-corrected chi connectivity index (χ3v) is 4.61. The molecule has 1 aliphatic carbocycles. The molecule has 1 aliphatic heterocycles. The van der Waals surface area contributed by atoms with Gasteiger partial charge in [-0.1, -0.05) is 18.2 Å². The van der Waals surface area contributed by atoms with Gasteiger partial charge in [0.05, 0.1) is 14.2 Å². The van der Waals surface area contributed by atoms with Gasteiger partial charge in [0.2, 0.25) is 0 Å². The molecule has 0 radical (unpaired) electrons. The van der Waals surface area contributed by atoms with Crippen LogP contribution in [0, 0.1) is 0 Å². The first kappa shape index (κ1) is 15.7. The van der Waals surface area contributed by atoms with E-state index in [2.05, 4.69) is 18.2 Å². The highest BCUT2D eigenvalue weighted by atomic mass is 16.5. The fourth-order valence-corrected chi connectivity index (χ4v) is 3.40. The smallest absolute Gasteiger partial charge is 0.413 e. The highest BCUT2D eigenvalue weighted by Crippen LogP contribution is 2.36. The summed E-state index contributed by atoms with van der Waals surface area (Å²) < 4.78 is 10.2. The number of allylic oxidation sites excluding steroid dienone is 3. The minimum atomic E-state index is -0.259. The first-order valence-corrected chi connectivity index (χ1v) is 8.12. The summed E-state index contributed by atoms with van der Waals surface area (Å²) in [5.41, 5.74) is 5.02. The summed E-state index contributed by atoms with van der Waals surface area (Å²) in [7, 11) is 3.11. The third kappa shape index (κ3) is 3.26. The van der Waals surface area contributed by atoms with Gasteiger partial charge in [-0.15, -0.1) is 0 Å². The van der Waals surface area contributed by atoms with Gasteiger partial charge in [-0.3, -0.25) is 4.90 Å². The molecule has 1 aromatic carbocycles. The first-order chi connectivity index (χ1) is 11.2. The van der Waals surface area contributed by atoms with Crippen molar-refractivity contribution < 1.29 is 14.3 Å². The van der Waals surface area contributed by atoms with E-state index in [1.807, 2.05) is 17.0 Å². The summed E-state index contributed by atoms with van der Waals surface area (Å²) in [5.74, 6) is 0.845. The van der Waals surface area contributed by atoms with E-state index in [4.69, 9.17) is 9.47 Å². The van der Waals surface area contributed by atoms with E-state index in [-0.39, 0.29) is 6.09 Å². The molecule has 0 atom stereocenters. The Hall–Kier alpha value is -2.23. The summed E-state index contributed by atoms with van der Waals surface area (Å²) in [6, 6.07) is 8.04. The van der Waals surface area contributed by atoms with Gasteiger partial charge in [-0.2, -0.15) is 0 Å². The van der Waals surface area contributed by atoms with Crippen molar-refractivity contribution in [2.75, 3.05) is 20.8 Å². The molecule has 1 amide bonds. The van der Waals surface area contributed by atoms with Gasteiger partial charge < -0.3 is 9.47 Å². The fourth-order valence-electron chi connectivity index (χ4n) is 3.40. The topological polar surface area (TPSA) is 38.8 Å². The van der Waals surface area contributed by atoms with E-state index in [9.17, 15) is 4.79 Å². The number of rotatable bonds is 3. The minimum Gasteiger partial charge on any atom is -0.497 e. The molecule has 0 fully saturated rings. The lowest BCUT2D eigenvalue weighted by atomic mass is 9.85. The van der Waals surface area contributed by atoms with E-state index in [1.54, 1.807) is 7.11 Å². The maximum atomic E-state index is 12.2. The summed E-state index contributed by atoms with van der Waals surface area (Å²) in [6.45, 7) is 0.702. The van der Waals surface area contributed by atoms with Crippen molar-refractivity contribution in [2.45, 2.75) is 32.1 Å². The van der Waals surface area contributed by atoms with Gasteiger partial charge in [0.1, 0.15) is 5.75 Å². The molecule has 1 aromatic rings. The van der Waals surface area contributed by atoms with Crippen LogP contribution in [-0.2, 0) is 11.2 Å². The van der Waals surface area contributed by atoms with Crippen LogP contribution in [0.3, 0.4) is 0 Å². The van der Waals surface area contributed by atoms with Crippen LogP contribution in [-0.4, -0.2) is 31.8 Å². The molecule has 23 heavy (non-hydrogen) atoms. The average Bonchev–Trinajstić information content (AvgIpc) is 2.62. The van der Waals surface area contributed by atoms with Crippen LogP contribution in [0.5, 0.6) is 5.75 Å². The van der Waals surface area contributed by atoms with E-state index >= 15 is 0 Å². The van der Waals surface area contributed by atoms with Crippen molar-refractivity contribution in [1.29, 1.82) is 0 Å². The molecule has 3 rings (SSSR count). The zero-order valence-corrected chi connectivity index (χ0v) is 13.8. The molecule has 0 unspecified atom stereocenters. The molecule has 0 spiro atoms. The molecule has 1 heterocycles. The zero-order chi connectivity index (χ0) is 16.2. The molecule has 0 saturated heterocycles. The molecule has 0 bridgehead atoms.